The Labute approximate surface area is 863 Å². The van der Waals surface area contributed by atoms with Gasteiger partial charge < -0.3 is 90.5 Å². The first-order valence-electron chi connectivity index (χ1n) is 50.8. The summed E-state index contributed by atoms with van der Waals surface area (Å²) in [5.74, 6) is 0. The van der Waals surface area contributed by atoms with Gasteiger partial charge in [-0.25, -0.2) is 0 Å². The Bertz CT molecular complexity index is 2870. The van der Waals surface area contributed by atoms with Crippen LogP contribution >= 0.6 is 0 Å². The zero-order chi connectivity index (χ0) is 109. The number of hydrogen-bond donors (Lipinski definition) is 0. The molecule has 0 N–H and O–H groups in total. The van der Waals surface area contributed by atoms with Crippen molar-refractivity contribution >= 4 is 188 Å². The van der Waals surface area contributed by atoms with E-state index in [4.69, 9.17) is 90.5 Å². The van der Waals surface area contributed by atoms with E-state index in [0.717, 1.165) is 0 Å². The van der Waals surface area contributed by atoms with E-state index in [2.05, 4.69) is 0 Å². The summed E-state index contributed by atoms with van der Waals surface area (Å²) < 4.78 is 449. The van der Waals surface area contributed by atoms with Gasteiger partial charge in [0.2, 0.25) is 0 Å². The highest BCUT2D eigenvalue weighted by Crippen LogP contribution is 2.49. The number of halogens is 22. The lowest BCUT2D eigenvalue weighted by Gasteiger charge is -2.52. The van der Waals surface area contributed by atoms with Gasteiger partial charge in [0.1, 0.15) is 0 Å². The zero-order valence-corrected chi connectivity index (χ0v) is 111. The van der Waals surface area contributed by atoms with E-state index in [1.165, 1.54) is 0 Å². The summed E-state index contributed by atoms with van der Waals surface area (Å²) in [7, 11) is -76.5. The first-order chi connectivity index (χ1) is 67.1. The van der Waals surface area contributed by atoms with Crippen molar-refractivity contribution in [1.29, 1.82) is 0 Å². The van der Waals surface area contributed by atoms with Crippen LogP contribution in [0.15, 0.2) is 0 Å². The molecule has 22 nitrogen and oxygen atoms in total. The molecule has 4 aliphatic rings. The zero-order valence-electron chi connectivity index (χ0n) is 89.2. The van der Waals surface area contributed by atoms with Crippen LogP contribution in [0.25, 0.3) is 0 Å². The van der Waals surface area contributed by atoms with E-state index in [-0.39, 0.29) is 169 Å². The van der Waals surface area contributed by atoms with Crippen molar-refractivity contribution < 1.29 is 187 Å². The molecule has 0 saturated carbocycles. The minimum Gasteiger partial charge on any atom is -0.415 e. The lowest BCUT2D eigenvalue weighted by Crippen LogP contribution is -2.70. The van der Waals surface area contributed by atoms with Crippen LogP contribution in [-0.4, -0.2) is 335 Å². The highest BCUT2D eigenvalue weighted by molar-refractivity contribution is 7.00. The SMILES string of the molecule is CC[Si]1(CCF)O[Si](CC)(CCF)O[Si](CC)(CCF)O[Si](CC)(CCF)O[Si](CC)(CCF)O1.CC[Si]1(CCF)O[Si](CC)(CCF)O[Si](CC)(CCF)O[Si](CC)(CCF)O[Si](CC)(CCF)O[Si](CC)(CCF)O1.C[Si]1(CCF)O[Si](C)(CCF)O[Si](C)(CCF)O[Si](C)(CCF)O[Si](C)(CCF)O1.C[Si]1(CCF)O[Si](C)(CCF)O[Si](C)(CCF)O[Si](C)(CCF)O[Si](C)(CCF)O[Si](C)(CCF)O1. The van der Waals surface area contributed by atoms with Crippen LogP contribution < -0.4 is 0 Å². The van der Waals surface area contributed by atoms with Crippen molar-refractivity contribution in [3.05, 3.63) is 0 Å². The monoisotopic (exact) mass is 2490 g/mol. The third-order valence-corrected chi connectivity index (χ3v) is 131. The fourth-order valence-electron chi connectivity index (χ4n) is 18.5. The van der Waals surface area contributed by atoms with Crippen LogP contribution in [0.5, 0.6) is 0 Å². The molecule has 0 amide bonds. The minimum atomic E-state index is -3.61. The lowest BCUT2D eigenvalue weighted by molar-refractivity contribution is 0.200. The summed E-state index contributed by atoms with van der Waals surface area (Å²) in [6.07, 6.45) is 0. The van der Waals surface area contributed by atoms with Crippen LogP contribution in [0.3, 0.4) is 0 Å². The second-order valence-electron chi connectivity index (χ2n) is 38.3. The van der Waals surface area contributed by atoms with Gasteiger partial charge >= 0.3 is 188 Å². The highest BCUT2D eigenvalue weighted by atomic mass is 28.6. The van der Waals surface area contributed by atoms with Gasteiger partial charge in [-0.05, 0) is 139 Å². The third kappa shape index (κ3) is 44.9. The normalized spacial score (nSPS) is 38.8. The van der Waals surface area contributed by atoms with Gasteiger partial charge in [0.25, 0.3) is 0 Å². The molecule has 0 bridgehead atoms. The largest absolute Gasteiger partial charge is 0.415 e. The summed E-state index contributed by atoms with van der Waals surface area (Å²) in [5.41, 5.74) is 0. The Kier molecular flexibility index (Phi) is 66.6. The van der Waals surface area contributed by atoms with Crippen LogP contribution in [0.1, 0.15) is 76.2 Å². The topological polar surface area (TPSA) is 203 Å². The standard InChI is InChI=1S/C24H54F6O6Si6.C20H45F5O5Si5.C18H42F6O6Si6.C15H35F5O5Si5/c1-7-37(19-13-25)31-38(8-2,20-14-26)33-40(10-4,22-16-28)35-42(12-6,24-18-30)36-41(11-5,23-17-29)34-39(9-3,32-37)21-15-27;1-6-31(16-11-21)26-32(7-2,17-12-22)28-34(9-4,19-14-24)30-35(10-5,20-15-25)29-33(8-3,27-31)18-13-23;1-31(13-7-19)25-32(2,14-8-20)27-34(4,16-10-22)29-36(6,18-12-24)30-35(5,17-11-23)28-33(3,26-31)15-9-21;1-26(11-6-16)21-27(2,12-7-17)23-29(4,14-9-19)25-30(5,15-10-20)24-28(3,22-26)13-8-18/h7-24H2,1-6H3;6-20H2,1-5H3;7-18H2,1-6H3;6-15H2,1-5H3. The molecule has 0 radical (unpaired) electrons. The average Bonchev–Trinajstić information content (AvgIpc) is 0.755. The summed E-state index contributed by atoms with van der Waals surface area (Å²) >= 11 is 0. The molecule has 4 saturated heterocycles. The maximum absolute atomic E-state index is 14.3. The molecule has 4 rings (SSSR count). The Hall–Kier alpha value is 2.35. The van der Waals surface area contributed by atoms with Gasteiger partial charge in [0.05, 0.1) is 147 Å². The molecule has 4 aliphatic heterocycles. The van der Waals surface area contributed by atoms with Gasteiger partial charge in [-0.1, -0.05) is 76.2 Å². The maximum atomic E-state index is 14.3. The fourth-order valence-corrected chi connectivity index (χ4v) is 142. The predicted octanol–water partition coefficient (Wildman–Crippen LogP) is 27.6. The van der Waals surface area contributed by atoms with Gasteiger partial charge in [-0.2, -0.15) is 0 Å². The Morgan fingerprint density at radius 2 is 0.154 bits per heavy atom. The summed E-state index contributed by atoms with van der Waals surface area (Å²) in [6, 6.07) is 1.33. The van der Waals surface area contributed by atoms with Gasteiger partial charge in [-0.15, -0.1) is 0 Å². The molecule has 0 aromatic rings. The number of rotatable bonds is 55. The predicted molar refractivity (Wildman–Crippen MR) is 567 cm³/mol. The Balaban J connectivity index is 0.000000959. The van der Waals surface area contributed by atoms with E-state index >= 15 is 0 Å². The molecule has 858 valence electrons. The molecular weight excluding hydrogens is 2310 g/mol. The summed E-state index contributed by atoms with van der Waals surface area (Å²) in [4.78, 5) is 0. The fraction of sp³-hybridized carbons (Fsp3) is 1.00. The number of hydrogen-bond acceptors (Lipinski definition) is 22. The number of alkyl halides is 22. The van der Waals surface area contributed by atoms with E-state index in [1.54, 1.807) is 114 Å². The van der Waals surface area contributed by atoms with Crippen molar-refractivity contribution in [3.63, 3.8) is 0 Å². The smallest absolute Gasteiger partial charge is 0.322 e. The Morgan fingerprint density at radius 3 is 0.196 bits per heavy atom. The Morgan fingerprint density at radius 1 is 0.0979 bits per heavy atom. The molecule has 0 aromatic carbocycles. The minimum absolute atomic E-state index is 0.0211. The second-order valence-corrected chi connectivity index (χ2v) is 120. The van der Waals surface area contributed by atoms with Gasteiger partial charge in [-0.3, -0.25) is 96.6 Å². The maximum Gasteiger partial charge on any atom is 0.322 e. The van der Waals surface area contributed by atoms with E-state index in [9.17, 15) is 96.6 Å². The van der Waals surface area contributed by atoms with Crippen molar-refractivity contribution in [2.45, 2.75) is 348 Å². The molecular formula is C77H176F22O22Si22. The first-order valence-corrected chi connectivity index (χ1v) is 103. The first kappa shape index (κ1) is 143. The van der Waals surface area contributed by atoms with Crippen LogP contribution in [0.2, 0.25) is 271 Å². The molecule has 0 atom stereocenters. The summed E-state index contributed by atoms with van der Waals surface area (Å²) in [6.45, 7) is 20.8. The lowest BCUT2D eigenvalue weighted by atomic mass is 10.9. The molecule has 4 fully saturated rings. The van der Waals surface area contributed by atoms with Crippen molar-refractivity contribution in [2.75, 3.05) is 147 Å². The molecule has 0 aliphatic carbocycles. The van der Waals surface area contributed by atoms with Crippen LogP contribution in [0, 0.1) is 0 Å². The van der Waals surface area contributed by atoms with E-state index < -0.39 is 335 Å². The second kappa shape index (κ2) is 66.4. The molecule has 66 heteroatoms. The van der Waals surface area contributed by atoms with Crippen molar-refractivity contribution in [1.82, 2.24) is 0 Å². The van der Waals surface area contributed by atoms with Crippen LogP contribution in [0.4, 0.5) is 96.6 Å². The van der Waals surface area contributed by atoms with Crippen molar-refractivity contribution in [3.8, 4) is 0 Å². The molecule has 0 aromatic heterocycles. The van der Waals surface area contributed by atoms with E-state index in [1.807, 2.05) is 34.6 Å². The average molecular weight is 2490 g/mol. The molecule has 143 heavy (non-hydrogen) atoms. The molecule has 0 spiro atoms. The van der Waals surface area contributed by atoms with Gasteiger partial charge in [0.15, 0.2) is 0 Å². The van der Waals surface area contributed by atoms with Gasteiger partial charge in [0, 0.05) is 133 Å². The summed E-state index contributed by atoms with van der Waals surface area (Å²) in [5, 5.41) is 0. The third-order valence-electron chi connectivity index (χ3n) is 26.0. The molecule has 0 unspecified atom stereocenters. The van der Waals surface area contributed by atoms with Crippen LogP contribution in [-0.2, 0) is 90.5 Å². The van der Waals surface area contributed by atoms with E-state index in [0.29, 0.717) is 30.2 Å². The highest BCUT2D eigenvalue weighted by Gasteiger charge is 2.67. The molecule has 4 heterocycles. The van der Waals surface area contributed by atoms with Crippen molar-refractivity contribution in [2.24, 2.45) is 0 Å². The quantitative estimate of drug-likeness (QED) is 0.0410.